The van der Waals surface area contributed by atoms with Crippen LogP contribution in [0.2, 0.25) is 0 Å². The fourth-order valence-corrected chi connectivity index (χ4v) is 2.62. The predicted octanol–water partition coefficient (Wildman–Crippen LogP) is 4.66. The molecule has 1 N–H and O–H groups in total. The van der Waals surface area contributed by atoms with E-state index in [0.29, 0.717) is 0 Å². The Bertz CT molecular complexity index is 637. The molecule has 0 aliphatic heterocycles. The van der Waals surface area contributed by atoms with Gasteiger partial charge in [0, 0.05) is 4.47 Å². The zero-order valence-corrected chi connectivity index (χ0v) is 14.0. The van der Waals surface area contributed by atoms with Crippen LogP contribution in [0, 0.1) is 0 Å². The van der Waals surface area contributed by atoms with Crippen molar-refractivity contribution >= 4 is 21.5 Å². The molecule has 0 fully saturated rings. The van der Waals surface area contributed by atoms with Crippen LogP contribution in [-0.2, 0) is 0 Å². The van der Waals surface area contributed by atoms with Gasteiger partial charge in [0.1, 0.15) is 5.75 Å². The Kier molecular flexibility index (Phi) is 4.86. The minimum Gasteiger partial charge on any atom is -0.497 e. The van der Waals surface area contributed by atoms with Crippen LogP contribution in [-0.4, -0.2) is 17.8 Å². The fourth-order valence-electron chi connectivity index (χ4n) is 2.12. The second-order valence-electron chi connectivity index (χ2n) is 5.42. The maximum absolute atomic E-state index is 10.2. The van der Waals surface area contributed by atoms with Crippen molar-refractivity contribution in [2.45, 2.75) is 19.4 Å². The number of hydrogen-bond donors (Lipinski definition) is 1. The molecule has 2 nitrogen and oxygen atoms in total. The lowest BCUT2D eigenvalue weighted by Gasteiger charge is -2.17. The Hall–Kier alpha value is -1.58. The summed E-state index contributed by atoms with van der Waals surface area (Å²) in [6.07, 6.45) is 1.87. The van der Waals surface area contributed by atoms with Gasteiger partial charge in [-0.3, -0.25) is 0 Å². The molecule has 21 heavy (non-hydrogen) atoms. The molecule has 0 saturated heterocycles. The average molecular weight is 347 g/mol. The SMILES string of the molecule is COc1ccc(/C(=C/C(C)(C)O)c2ccccc2Br)cc1. The molecular formula is C18H19BrO2. The summed E-state index contributed by atoms with van der Waals surface area (Å²) >= 11 is 3.58. The number of halogens is 1. The van der Waals surface area contributed by atoms with Gasteiger partial charge in [-0.2, -0.15) is 0 Å². The Morgan fingerprint density at radius 2 is 1.71 bits per heavy atom. The van der Waals surface area contributed by atoms with Gasteiger partial charge in [-0.15, -0.1) is 0 Å². The van der Waals surface area contributed by atoms with Crippen LogP contribution in [0.1, 0.15) is 25.0 Å². The molecule has 0 unspecified atom stereocenters. The number of aliphatic hydroxyl groups is 1. The first-order chi connectivity index (χ1) is 9.90. The first kappa shape index (κ1) is 15.8. The lowest BCUT2D eigenvalue weighted by molar-refractivity contribution is 0.133. The zero-order chi connectivity index (χ0) is 15.5. The van der Waals surface area contributed by atoms with Crippen LogP contribution in [0.15, 0.2) is 59.1 Å². The van der Waals surface area contributed by atoms with Crippen molar-refractivity contribution in [1.82, 2.24) is 0 Å². The van der Waals surface area contributed by atoms with Crippen LogP contribution in [0.3, 0.4) is 0 Å². The molecule has 0 aliphatic rings. The van der Waals surface area contributed by atoms with Crippen molar-refractivity contribution in [1.29, 1.82) is 0 Å². The summed E-state index contributed by atoms with van der Waals surface area (Å²) in [5.74, 6) is 0.813. The second-order valence-corrected chi connectivity index (χ2v) is 6.27. The molecule has 0 aliphatic carbocycles. The van der Waals surface area contributed by atoms with Crippen LogP contribution < -0.4 is 4.74 Å². The topological polar surface area (TPSA) is 29.5 Å². The van der Waals surface area contributed by atoms with Gasteiger partial charge < -0.3 is 9.84 Å². The lowest BCUT2D eigenvalue weighted by atomic mass is 9.93. The highest BCUT2D eigenvalue weighted by Crippen LogP contribution is 2.32. The van der Waals surface area contributed by atoms with E-state index in [4.69, 9.17) is 4.74 Å². The first-order valence-electron chi connectivity index (χ1n) is 6.75. The third-order valence-electron chi connectivity index (χ3n) is 3.06. The number of hydrogen-bond acceptors (Lipinski definition) is 2. The standard InChI is InChI=1S/C18H19BrO2/c1-18(2,20)12-16(15-6-4-5-7-17(15)19)13-8-10-14(21-3)11-9-13/h4-12,20H,1-3H3/b16-12-. The summed E-state index contributed by atoms with van der Waals surface area (Å²) in [5, 5.41) is 10.2. The molecule has 0 aromatic heterocycles. The zero-order valence-electron chi connectivity index (χ0n) is 12.4. The number of ether oxygens (including phenoxy) is 1. The largest absolute Gasteiger partial charge is 0.497 e. The third kappa shape index (κ3) is 4.19. The Labute approximate surface area is 134 Å². The lowest BCUT2D eigenvalue weighted by Crippen LogP contribution is -2.15. The third-order valence-corrected chi connectivity index (χ3v) is 3.75. The monoisotopic (exact) mass is 346 g/mol. The van der Waals surface area contributed by atoms with Crippen molar-refractivity contribution in [3.63, 3.8) is 0 Å². The molecule has 0 spiro atoms. The van der Waals surface area contributed by atoms with Crippen LogP contribution in [0.4, 0.5) is 0 Å². The molecule has 0 atom stereocenters. The van der Waals surface area contributed by atoms with E-state index in [2.05, 4.69) is 15.9 Å². The van der Waals surface area contributed by atoms with E-state index >= 15 is 0 Å². The van der Waals surface area contributed by atoms with Gasteiger partial charge in [-0.05, 0) is 54.8 Å². The molecular weight excluding hydrogens is 328 g/mol. The molecule has 2 aromatic carbocycles. The first-order valence-corrected chi connectivity index (χ1v) is 7.54. The maximum atomic E-state index is 10.2. The van der Waals surface area contributed by atoms with Crippen molar-refractivity contribution < 1.29 is 9.84 Å². The highest BCUT2D eigenvalue weighted by Gasteiger charge is 2.15. The molecule has 0 bridgehead atoms. The van der Waals surface area contributed by atoms with Gasteiger partial charge in [-0.1, -0.05) is 46.3 Å². The summed E-state index contributed by atoms with van der Waals surface area (Å²) in [6, 6.07) is 15.8. The Morgan fingerprint density at radius 3 is 2.24 bits per heavy atom. The number of benzene rings is 2. The van der Waals surface area contributed by atoms with Crippen molar-refractivity contribution in [3.05, 3.63) is 70.2 Å². The summed E-state index contributed by atoms with van der Waals surface area (Å²) in [5.41, 5.74) is 2.16. The summed E-state index contributed by atoms with van der Waals surface area (Å²) < 4.78 is 6.20. The van der Waals surface area contributed by atoms with E-state index in [-0.39, 0.29) is 0 Å². The molecule has 0 heterocycles. The van der Waals surface area contributed by atoms with E-state index < -0.39 is 5.60 Å². The molecule has 2 rings (SSSR count). The fraction of sp³-hybridized carbons (Fsp3) is 0.222. The molecule has 0 saturated carbocycles. The second kappa shape index (κ2) is 6.46. The minimum absolute atomic E-state index is 0.813. The van der Waals surface area contributed by atoms with Crippen molar-refractivity contribution in [2.24, 2.45) is 0 Å². The van der Waals surface area contributed by atoms with Gasteiger partial charge in [0.15, 0.2) is 0 Å². The van der Waals surface area contributed by atoms with E-state index in [9.17, 15) is 5.11 Å². The van der Waals surface area contributed by atoms with Crippen LogP contribution >= 0.6 is 15.9 Å². The predicted molar refractivity (Wildman–Crippen MR) is 90.5 cm³/mol. The average Bonchev–Trinajstić information content (AvgIpc) is 2.45. The number of methoxy groups -OCH3 is 1. The highest BCUT2D eigenvalue weighted by molar-refractivity contribution is 9.10. The van der Waals surface area contributed by atoms with Crippen LogP contribution in [0.5, 0.6) is 5.75 Å². The van der Waals surface area contributed by atoms with E-state index in [1.165, 1.54) is 0 Å². The summed E-state index contributed by atoms with van der Waals surface area (Å²) in [4.78, 5) is 0. The summed E-state index contributed by atoms with van der Waals surface area (Å²) in [7, 11) is 1.65. The number of rotatable bonds is 4. The van der Waals surface area contributed by atoms with Crippen LogP contribution in [0.25, 0.3) is 5.57 Å². The van der Waals surface area contributed by atoms with Gasteiger partial charge in [0.25, 0.3) is 0 Å². The maximum Gasteiger partial charge on any atom is 0.118 e. The van der Waals surface area contributed by atoms with E-state index in [1.807, 2.05) is 54.6 Å². The van der Waals surface area contributed by atoms with Crippen molar-refractivity contribution in [2.75, 3.05) is 7.11 Å². The molecule has 2 aromatic rings. The van der Waals surface area contributed by atoms with Gasteiger partial charge in [0.05, 0.1) is 12.7 Å². The minimum atomic E-state index is -0.898. The van der Waals surface area contributed by atoms with Crippen molar-refractivity contribution in [3.8, 4) is 5.75 Å². The smallest absolute Gasteiger partial charge is 0.118 e. The molecule has 0 radical (unpaired) electrons. The van der Waals surface area contributed by atoms with Gasteiger partial charge in [-0.25, -0.2) is 0 Å². The summed E-state index contributed by atoms with van der Waals surface area (Å²) in [6.45, 7) is 3.54. The van der Waals surface area contributed by atoms with E-state index in [0.717, 1.165) is 26.9 Å². The Balaban J connectivity index is 2.56. The van der Waals surface area contributed by atoms with Gasteiger partial charge >= 0.3 is 0 Å². The molecule has 0 amide bonds. The molecule has 3 heteroatoms. The Morgan fingerprint density at radius 1 is 1.10 bits per heavy atom. The quantitative estimate of drug-likeness (QED) is 0.872. The van der Waals surface area contributed by atoms with Gasteiger partial charge in [0.2, 0.25) is 0 Å². The highest BCUT2D eigenvalue weighted by atomic mass is 79.9. The van der Waals surface area contributed by atoms with E-state index in [1.54, 1.807) is 21.0 Å². The molecule has 110 valence electrons. The normalized spacial score (nSPS) is 12.3.